The quantitative estimate of drug-likeness (QED) is 0.738. The number of nitrogens with zero attached hydrogens (tertiary/aromatic N) is 6. The van der Waals surface area contributed by atoms with E-state index in [-0.39, 0.29) is 0 Å². The van der Waals surface area contributed by atoms with E-state index in [2.05, 4.69) is 48.7 Å². The lowest BCUT2D eigenvalue weighted by Crippen LogP contribution is -2.30. The second-order valence-electron chi connectivity index (χ2n) is 5.97. The highest BCUT2D eigenvalue weighted by atomic mass is 32.1. The summed E-state index contributed by atoms with van der Waals surface area (Å²) in [7, 11) is 0. The Morgan fingerprint density at radius 2 is 2.17 bits per heavy atom. The molecule has 3 aromatic heterocycles. The number of thiophene rings is 1. The predicted octanol–water partition coefficient (Wildman–Crippen LogP) is 2.21. The summed E-state index contributed by atoms with van der Waals surface area (Å²) in [5.74, 6) is 0. The van der Waals surface area contributed by atoms with Crippen LogP contribution in [0.2, 0.25) is 0 Å². The highest BCUT2D eigenvalue weighted by Gasteiger charge is 2.19. The zero-order chi connectivity index (χ0) is 15.6. The first-order valence-corrected chi connectivity index (χ1v) is 8.85. The Kier molecular flexibility index (Phi) is 3.97. The van der Waals surface area contributed by atoms with E-state index in [1.54, 1.807) is 10.8 Å². The van der Waals surface area contributed by atoms with Crippen LogP contribution in [0.5, 0.6) is 0 Å². The van der Waals surface area contributed by atoms with Gasteiger partial charge in [0.25, 0.3) is 0 Å². The van der Waals surface area contributed by atoms with E-state index in [1.165, 1.54) is 4.88 Å². The van der Waals surface area contributed by atoms with Crippen LogP contribution in [0, 0.1) is 6.92 Å². The number of hydrogen-bond acceptors (Lipinski definition) is 6. The molecular weight excluding hydrogens is 308 g/mol. The molecule has 1 fully saturated rings. The molecule has 6 nitrogen and oxygen atoms in total. The van der Waals surface area contributed by atoms with Crippen molar-refractivity contribution in [2.45, 2.75) is 19.9 Å². The van der Waals surface area contributed by atoms with E-state index < -0.39 is 0 Å². The number of anilines is 1. The molecule has 0 aromatic carbocycles. The molecule has 7 heteroatoms. The summed E-state index contributed by atoms with van der Waals surface area (Å²) in [4.78, 5) is 6.41. The van der Waals surface area contributed by atoms with Gasteiger partial charge in [-0.2, -0.15) is 9.61 Å². The molecule has 0 N–H and O–H groups in total. The van der Waals surface area contributed by atoms with Crippen molar-refractivity contribution < 1.29 is 0 Å². The molecule has 0 saturated carbocycles. The Bertz CT molecular complexity index is 781. The fourth-order valence-corrected chi connectivity index (χ4v) is 3.90. The van der Waals surface area contributed by atoms with Gasteiger partial charge in [-0.3, -0.25) is 4.90 Å². The minimum absolute atomic E-state index is 0.849. The Morgan fingerprint density at radius 3 is 3.04 bits per heavy atom. The Morgan fingerprint density at radius 1 is 1.22 bits per heavy atom. The maximum absolute atomic E-state index is 4.44. The van der Waals surface area contributed by atoms with Crippen molar-refractivity contribution in [2.75, 3.05) is 31.1 Å². The lowest BCUT2D eigenvalue weighted by atomic mass is 10.3. The molecule has 4 heterocycles. The van der Waals surface area contributed by atoms with Crippen molar-refractivity contribution in [1.82, 2.24) is 24.7 Å². The van der Waals surface area contributed by atoms with E-state index in [0.717, 1.165) is 56.2 Å². The smallest absolute Gasteiger partial charge is 0.200 e. The molecule has 1 saturated heterocycles. The third-order valence-electron chi connectivity index (χ3n) is 4.26. The molecule has 1 aliphatic heterocycles. The van der Waals surface area contributed by atoms with Crippen LogP contribution in [-0.2, 0) is 6.54 Å². The van der Waals surface area contributed by atoms with Gasteiger partial charge in [-0.1, -0.05) is 6.07 Å². The van der Waals surface area contributed by atoms with Crippen LogP contribution in [0.15, 0.2) is 29.9 Å². The van der Waals surface area contributed by atoms with Gasteiger partial charge in [0.15, 0.2) is 0 Å². The lowest BCUT2D eigenvalue weighted by Gasteiger charge is -2.23. The van der Waals surface area contributed by atoms with Gasteiger partial charge in [0.2, 0.25) is 5.65 Å². The summed E-state index contributed by atoms with van der Waals surface area (Å²) in [6, 6.07) is 6.48. The molecular formula is C16H20N6S. The Balaban J connectivity index is 1.52. The molecule has 0 spiro atoms. The zero-order valence-electron chi connectivity index (χ0n) is 13.2. The summed E-state index contributed by atoms with van der Waals surface area (Å²) in [6.07, 6.45) is 2.83. The van der Waals surface area contributed by atoms with E-state index in [4.69, 9.17) is 0 Å². The van der Waals surface area contributed by atoms with E-state index >= 15 is 0 Å². The number of hydrogen-bond donors (Lipinski definition) is 0. The van der Waals surface area contributed by atoms with Crippen LogP contribution in [0.3, 0.4) is 0 Å². The van der Waals surface area contributed by atoms with Gasteiger partial charge < -0.3 is 4.90 Å². The topological polar surface area (TPSA) is 49.6 Å². The summed E-state index contributed by atoms with van der Waals surface area (Å²) >= 11 is 1.84. The fraction of sp³-hybridized carbons (Fsp3) is 0.438. The first-order chi connectivity index (χ1) is 11.3. The zero-order valence-corrected chi connectivity index (χ0v) is 14.0. The fourth-order valence-electron chi connectivity index (χ4n) is 3.16. The molecule has 0 radical (unpaired) electrons. The van der Waals surface area contributed by atoms with Crippen molar-refractivity contribution >= 4 is 22.7 Å². The molecule has 4 rings (SSSR count). The van der Waals surface area contributed by atoms with Crippen LogP contribution >= 0.6 is 11.3 Å². The highest BCUT2D eigenvalue weighted by molar-refractivity contribution is 7.09. The third kappa shape index (κ3) is 3.07. The maximum Gasteiger partial charge on any atom is 0.200 e. The molecule has 0 atom stereocenters. The molecule has 3 aromatic rings. The summed E-state index contributed by atoms with van der Waals surface area (Å²) in [6.45, 7) is 7.34. The van der Waals surface area contributed by atoms with Crippen molar-refractivity contribution in [2.24, 2.45) is 0 Å². The highest BCUT2D eigenvalue weighted by Crippen LogP contribution is 2.22. The van der Waals surface area contributed by atoms with E-state index in [1.807, 2.05) is 18.3 Å². The van der Waals surface area contributed by atoms with E-state index in [9.17, 15) is 0 Å². The number of aryl methyl sites for hydroxylation is 1. The number of rotatable bonds is 3. The molecule has 0 amide bonds. The van der Waals surface area contributed by atoms with Crippen LogP contribution in [0.25, 0.3) is 5.65 Å². The minimum atomic E-state index is 0.849. The van der Waals surface area contributed by atoms with Crippen molar-refractivity contribution in [1.29, 1.82) is 0 Å². The Labute approximate surface area is 139 Å². The standard InChI is InChI=1S/C16H20N6S/c1-13-10-15(16-18-17-12-22(16)19-13)21-6-3-5-20(7-8-21)11-14-4-2-9-23-14/h2,4,9-10,12H,3,5-8,11H2,1H3. The third-order valence-corrected chi connectivity index (χ3v) is 5.12. The molecule has 0 bridgehead atoms. The SMILES string of the molecule is Cc1cc(N2CCCN(Cc3cccs3)CC2)c2nncn2n1. The second kappa shape index (κ2) is 6.25. The first-order valence-electron chi connectivity index (χ1n) is 7.97. The van der Waals surface area contributed by atoms with Crippen LogP contribution in [-0.4, -0.2) is 50.9 Å². The largest absolute Gasteiger partial charge is 0.367 e. The van der Waals surface area contributed by atoms with Crippen molar-refractivity contribution in [3.05, 3.63) is 40.5 Å². The lowest BCUT2D eigenvalue weighted by molar-refractivity contribution is 0.288. The molecule has 120 valence electrons. The first kappa shape index (κ1) is 14.6. The van der Waals surface area contributed by atoms with Crippen molar-refractivity contribution in [3.8, 4) is 0 Å². The molecule has 0 unspecified atom stereocenters. The normalized spacial score (nSPS) is 16.8. The van der Waals surface area contributed by atoms with Gasteiger partial charge in [0.05, 0.1) is 11.4 Å². The van der Waals surface area contributed by atoms with Gasteiger partial charge >= 0.3 is 0 Å². The summed E-state index contributed by atoms with van der Waals surface area (Å²) < 4.78 is 1.78. The van der Waals surface area contributed by atoms with Gasteiger partial charge in [-0.05, 0) is 30.9 Å². The monoisotopic (exact) mass is 328 g/mol. The van der Waals surface area contributed by atoms with Crippen molar-refractivity contribution in [3.63, 3.8) is 0 Å². The number of fused-ring (bicyclic) bond motifs is 1. The second-order valence-corrected chi connectivity index (χ2v) is 7.00. The van der Waals surface area contributed by atoms with Crippen LogP contribution < -0.4 is 4.90 Å². The van der Waals surface area contributed by atoms with Crippen LogP contribution in [0.1, 0.15) is 17.0 Å². The summed E-state index contributed by atoms with van der Waals surface area (Å²) in [5.41, 5.74) is 2.99. The van der Waals surface area contributed by atoms with Gasteiger partial charge in [-0.15, -0.1) is 21.5 Å². The predicted molar refractivity (Wildman–Crippen MR) is 91.9 cm³/mol. The molecule has 0 aliphatic carbocycles. The maximum atomic E-state index is 4.44. The minimum Gasteiger partial charge on any atom is -0.367 e. The molecule has 23 heavy (non-hydrogen) atoms. The number of aromatic nitrogens is 4. The van der Waals surface area contributed by atoms with Gasteiger partial charge in [0, 0.05) is 37.6 Å². The van der Waals surface area contributed by atoms with Gasteiger partial charge in [0.1, 0.15) is 6.33 Å². The van der Waals surface area contributed by atoms with Gasteiger partial charge in [-0.25, -0.2) is 0 Å². The average molecular weight is 328 g/mol. The van der Waals surface area contributed by atoms with E-state index in [0.29, 0.717) is 0 Å². The summed E-state index contributed by atoms with van der Waals surface area (Å²) in [5, 5.41) is 14.8. The van der Waals surface area contributed by atoms with Crippen LogP contribution in [0.4, 0.5) is 5.69 Å². The Hall–Kier alpha value is -1.99. The molecule has 1 aliphatic rings. The average Bonchev–Trinajstić information content (AvgIpc) is 3.15.